The molecule has 1 aromatic carbocycles. The van der Waals surface area contributed by atoms with Gasteiger partial charge < -0.3 is 5.32 Å². The third-order valence-electron chi connectivity index (χ3n) is 3.27. The Morgan fingerprint density at radius 1 is 1.16 bits per heavy atom. The molecule has 2 rings (SSSR count). The van der Waals surface area contributed by atoms with Crippen LogP contribution in [-0.2, 0) is 0 Å². The number of halogens is 1. The van der Waals surface area contributed by atoms with Gasteiger partial charge in [-0.15, -0.1) is 0 Å². The minimum absolute atomic E-state index is 0.172. The molecule has 1 atom stereocenters. The Bertz CT molecular complexity index is 596. The third kappa shape index (κ3) is 3.04. The van der Waals surface area contributed by atoms with E-state index in [-0.39, 0.29) is 6.04 Å². The number of aromatic nitrogens is 2. The lowest BCUT2D eigenvalue weighted by atomic mass is 10.0. The van der Waals surface area contributed by atoms with Crippen LogP contribution in [0.25, 0.3) is 0 Å². The fourth-order valence-corrected chi connectivity index (χ4v) is 2.30. The van der Waals surface area contributed by atoms with Crippen molar-refractivity contribution in [2.24, 2.45) is 0 Å². The second kappa shape index (κ2) is 5.57. The molecule has 1 N–H and O–H groups in total. The van der Waals surface area contributed by atoms with Gasteiger partial charge in [-0.3, -0.25) is 0 Å². The number of benzene rings is 1. The van der Waals surface area contributed by atoms with Gasteiger partial charge in [0.15, 0.2) is 0 Å². The van der Waals surface area contributed by atoms with E-state index in [9.17, 15) is 0 Å². The Labute approximate surface area is 119 Å². The summed E-state index contributed by atoms with van der Waals surface area (Å²) in [6.07, 6.45) is 1.48. The molecule has 0 radical (unpaired) electrons. The number of nitrogens with zero attached hydrogens (tertiary/aromatic N) is 2. The van der Waals surface area contributed by atoms with E-state index in [0.717, 1.165) is 11.4 Å². The first-order valence-electron chi connectivity index (χ1n) is 6.30. The average molecular weight is 276 g/mol. The fourth-order valence-electron chi connectivity index (χ4n) is 2.17. The van der Waals surface area contributed by atoms with Crippen LogP contribution in [0.15, 0.2) is 24.5 Å². The van der Waals surface area contributed by atoms with E-state index in [1.807, 2.05) is 6.92 Å². The molecular weight excluding hydrogens is 258 g/mol. The Kier molecular flexibility index (Phi) is 4.05. The van der Waals surface area contributed by atoms with E-state index in [2.05, 4.69) is 54.3 Å². The predicted molar refractivity (Wildman–Crippen MR) is 79.7 cm³/mol. The lowest BCUT2D eigenvalue weighted by Gasteiger charge is -2.18. The van der Waals surface area contributed by atoms with Gasteiger partial charge in [0.05, 0.1) is 6.04 Å². The maximum atomic E-state index is 6.00. The van der Waals surface area contributed by atoms with Gasteiger partial charge in [0.2, 0.25) is 0 Å². The zero-order chi connectivity index (χ0) is 14.0. The van der Waals surface area contributed by atoms with Crippen molar-refractivity contribution in [3.8, 4) is 0 Å². The molecule has 0 amide bonds. The molecule has 0 saturated carbocycles. The van der Waals surface area contributed by atoms with E-state index >= 15 is 0 Å². The largest absolute Gasteiger partial charge is 0.363 e. The highest BCUT2D eigenvalue weighted by Crippen LogP contribution is 2.25. The van der Waals surface area contributed by atoms with E-state index in [1.54, 1.807) is 0 Å². The van der Waals surface area contributed by atoms with Crippen molar-refractivity contribution in [3.63, 3.8) is 0 Å². The normalized spacial score (nSPS) is 12.3. The zero-order valence-corrected chi connectivity index (χ0v) is 12.4. The Morgan fingerprint density at radius 2 is 1.89 bits per heavy atom. The first-order valence-corrected chi connectivity index (χ1v) is 6.67. The number of hydrogen-bond donors (Lipinski definition) is 1. The fraction of sp³-hybridized carbons (Fsp3) is 0.333. The van der Waals surface area contributed by atoms with Gasteiger partial charge in [-0.25, -0.2) is 9.97 Å². The van der Waals surface area contributed by atoms with Crippen molar-refractivity contribution in [2.45, 2.75) is 33.7 Å². The molecule has 4 heteroatoms. The Balaban J connectivity index is 2.25. The van der Waals surface area contributed by atoms with Gasteiger partial charge in [0.1, 0.15) is 17.3 Å². The summed E-state index contributed by atoms with van der Waals surface area (Å²) >= 11 is 6.00. The van der Waals surface area contributed by atoms with Crippen LogP contribution in [0.1, 0.15) is 35.2 Å². The molecule has 0 aliphatic heterocycles. The molecule has 3 nitrogen and oxygen atoms in total. The summed E-state index contributed by atoms with van der Waals surface area (Å²) in [4.78, 5) is 8.21. The van der Waals surface area contributed by atoms with Gasteiger partial charge in [-0.2, -0.15) is 0 Å². The van der Waals surface area contributed by atoms with Crippen LogP contribution in [0.2, 0.25) is 5.15 Å². The highest BCUT2D eigenvalue weighted by atomic mass is 35.5. The molecule has 0 fully saturated rings. The maximum Gasteiger partial charge on any atom is 0.137 e. The number of nitrogens with one attached hydrogen (secondary N) is 1. The number of hydrogen-bond acceptors (Lipinski definition) is 3. The highest BCUT2D eigenvalue weighted by Gasteiger charge is 2.11. The van der Waals surface area contributed by atoms with Crippen LogP contribution in [-0.4, -0.2) is 9.97 Å². The van der Waals surface area contributed by atoms with Gasteiger partial charge in [-0.05, 0) is 38.8 Å². The molecule has 2 aromatic rings. The van der Waals surface area contributed by atoms with Crippen molar-refractivity contribution in [3.05, 3.63) is 51.9 Å². The molecule has 1 aromatic heterocycles. The van der Waals surface area contributed by atoms with E-state index in [4.69, 9.17) is 11.6 Å². The highest BCUT2D eigenvalue weighted by molar-refractivity contribution is 6.30. The molecule has 0 spiro atoms. The van der Waals surface area contributed by atoms with Crippen LogP contribution in [0.4, 0.5) is 5.82 Å². The van der Waals surface area contributed by atoms with Gasteiger partial charge in [-0.1, -0.05) is 35.4 Å². The Hall–Kier alpha value is -1.61. The van der Waals surface area contributed by atoms with E-state index < -0.39 is 0 Å². The summed E-state index contributed by atoms with van der Waals surface area (Å²) in [5.41, 5.74) is 4.69. The summed E-state index contributed by atoms with van der Waals surface area (Å²) in [5, 5.41) is 3.88. The minimum atomic E-state index is 0.172. The number of rotatable bonds is 3. The number of anilines is 1. The SMILES string of the molecule is Cc1ccc(C(C)Nc2ncnc(Cl)c2C)c(C)c1. The summed E-state index contributed by atoms with van der Waals surface area (Å²) in [6.45, 7) is 8.26. The average Bonchev–Trinajstić information content (AvgIpc) is 2.34. The topological polar surface area (TPSA) is 37.8 Å². The molecule has 0 aliphatic carbocycles. The van der Waals surface area contributed by atoms with Crippen LogP contribution < -0.4 is 5.32 Å². The molecule has 0 saturated heterocycles. The summed E-state index contributed by atoms with van der Waals surface area (Å²) in [7, 11) is 0. The van der Waals surface area contributed by atoms with Crippen molar-refractivity contribution in [2.75, 3.05) is 5.32 Å². The molecule has 1 heterocycles. The molecule has 100 valence electrons. The van der Waals surface area contributed by atoms with Crippen molar-refractivity contribution < 1.29 is 0 Å². The molecule has 0 aliphatic rings. The van der Waals surface area contributed by atoms with Gasteiger partial charge in [0, 0.05) is 5.56 Å². The smallest absolute Gasteiger partial charge is 0.137 e. The maximum absolute atomic E-state index is 6.00. The summed E-state index contributed by atoms with van der Waals surface area (Å²) < 4.78 is 0. The second-order valence-electron chi connectivity index (χ2n) is 4.86. The van der Waals surface area contributed by atoms with Crippen molar-refractivity contribution >= 4 is 17.4 Å². The predicted octanol–water partition coefficient (Wildman–Crippen LogP) is 4.23. The minimum Gasteiger partial charge on any atom is -0.363 e. The first kappa shape index (κ1) is 13.8. The lowest BCUT2D eigenvalue weighted by Crippen LogP contribution is -2.11. The third-order valence-corrected chi connectivity index (χ3v) is 3.65. The monoisotopic (exact) mass is 275 g/mol. The van der Waals surface area contributed by atoms with Gasteiger partial charge in [0.25, 0.3) is 0 Å². The first-order chi connectivity index (χ1) is 8.99. The lowest BCUT2D eigenvalue weighted by molar-refractivity contribution is 0.858. The van der Waals surface area contributed by atoms with Crippen LogP contribution >= 0.6 is 11.6 Å². The van der Waals surface area contributed by atoms with Crippen molar-refractivity contribution in [1.29, 1.82) is 0 Å². The molecular formula is C15H18ClN3. The van der Waals surface area contributed by atoms with E-state index in [0.29, 0.717) is 5.15 Å². The summed E-state index contributed by atoms with van der Waals surface area (Å²) in [5.74, 6) is 0.785. The number of aryl methyl sites for hydroxylation is 2. The molecule has 19 heavy (non-hydrogen) atoms. The quantitative estimate of drug-likeness (QED) is 0.852. The van der Waals surface area contributed by atoms with Crippen LogP contribution in [0.5, 0.6) is 0 Å². The zero-order valence-electron chi connectivity index (χ0n) is 11.7. The second-order valence-corrected chi connectivity index (χ2v) is 5.22. The van der Waals surface area contributed by atoms with E-state index in [1.165, 1.54) is 23.0 Å². The summed E-state index contributed by atoms with van der Waals surface area (Å²) in [6, 6.07) is 6.64. The van der Waals surface area contributed by atoms with Gasteiger partial charge >= 0.3 is 0 Å². The molecule has 1 unspecified atom stereocenters. The molecule has 0 bridgehead atoms. The standard InChI is InChI=1S/C15H18ClN3/c1-9-5-6-13(10(2)7-9)12(4)19-15-11(3)14(16)17-8-18-15/h5-8,12H,1-4H3,(H,17,18,19). The van der Waals surface area contributed by atoms with Crippen molar-refractivity contribution in [1.82, 2.24) is 9.97 Å². The Morgan fingerprint density at radius 3 is 2.58 bits per heavy atom. The van der Waals surface area contributed by atoms with Crippen LogP contribution in [0, 0.1) is 20.8 Å². The van der Waals surface area contributed by atoms with Crippen LogP contribution in [0.3, 0.4) is 0 Å².